The topological polar surface area (TPSA) is 74.6 Å². The van der Waals surface area contributed by atoms with Crippen LogP contribution in [0.25, 0.3) is 0 Å². The van der Waals surface area contributed by atoms with Crippen molar-refractivity contribution in [1.29, 1.82) is 0 Å². The second-order valence-electron chi connectivity index (χ2n) is 7.99. The number of hydrogen-bond donors (Lipinski definition) is 1. The molecule has 1 amide bonds. The molecule has 0 saturated carbocycles. The molecule has 0 fully saturated rings. The smallest absolute Gasteiger partial charge is 0.387 e. The Kier molecular flexibility index (Phi) is 6.97. The molecule has 3 rings (SSSR count). The summed E-state index contributed by atoms with van der Waals surface area (Å²) in [5.41, 5.74) is 1.78. The van der Waals surface area contributed by atoms with Crippen molar-refractivity contribution in [2.24, 2.45) is 0 Å². The van der Waals surface area contributed by atoms with Crippen LogP contribution in [0, 0.1) is 0 Å². The molecule has 9 heteroatoms. The monoisotopic (exact) mass is 445 g/mol. The fourth-order valence-corrected chi connectivity index (χ4v) is 2.88. The van der Waals surface area contributed by atoms with E-state index < -0.39 is 12.5 Å². The third kappa shape index (κ3) is 5.96. The van der Waals surface area contributed by atoms with E-state index in [1.165, 1.54) is 35.6 Å². The summed E-state index contributed by atoms with van der Waals surface area (Å²) in [7, 11) is 1.32. The van der Waals surface area contributed by atoms with Crippen LogP contribution in [0.15, 0.2) is 54.7 Å². The van der Waals surface area contributed by atoms with Crippen molar-refractivity contribution in [3.8, 4) is 17.2 Å². The maximum atomic E-state index is 12.5. The number of nitrogens with zero attached hydrogens (tertiary/aromatic N) is 2. The molecule has 0 saturated heterocycles. The zero-order valence-electron chi connectivity index (χ0n) is 18.3. The van der Waals surface area contributed by atoms with Crippen LogP contribution in [0.4, 0.5) is 14.5 Å². The number of alkyl halides is 2. The normalized spacial score (nSPS) is 11.3. The Balaban J connectivity index is 1.60. The summed E-state index contributed by atoms with van der Waals surface area (Å²) in [6.45, 7) is 3.57. The Labute approximate surface area is 184 Å². The Morgan fingerprint density at radius 1 is 1.09 bits per heavy atom. The standard InChI is InChI=1S/C23H25F2N3O4/c1-23(2,3)15-5-8-17(9-6-15)31-14-28-12-11-18(27-28)21(29)26-16-7-10-19(32-22(24)25)20(13-16)30-4/h5-13,22H,14H2,1-4H3,(H,26,29). The number of nitrogens with one attached hydrogen (secondary N) is 1. The number of amides is 1. The van der Waals surface area contributed by atoms with Gasteiger partial charge in [0, 0.05) is 18.0 Å². The summed E-state index contributed by atoms with van der Waals surface area (Å²) >= 11 is 0. The van der Waals surface area contributed by atoms with Gasteiger partial charge in [-0.2, -0.15) is 13.9 Å². The van der Waals surface area contributed by atoms with E-state index in [0.717, 1.165) is 0 Å². The van der Waals surface area contributed by atoms with Gasteiger partial charge in [-0.05, 0) is 41.3 Å². The van der Waals surface area contributed by atoms with E-state index in [1.807, 2.05) is 24.3 Å². The molecular weight excluding hydrogens is 420 g/mol. The molecular formula is C23H25F2N3O4. The van der Waals surface area contributed by atoms with E-state index in [1.54, 1.807) is 12.3 Å². The number of halogens is 2. The molecule has 0 bridgehead atoms. The SMILES string of the molecule is COc1cc(NC(=O)c2ccn(COc3ccc(C(C)(C)C)cc3)n2)ccc1OC(F)F. The lowest BCUT2D eigenvalue weighted by molar-refractivity contribution is -0.0512. The van der Waals surface area contributed by atoms with Gasteiger partial charge in [-0.3, -0.25) is 4.79 Å². The second-order valence-corrected chi connectivity index (χ2v) is 7.99. The number of carbonyl (C=O) groups excluding carboxylic acids is 1. The molecule has 32 heavy (non-hydrogen) atoms. The van der Waals surface area contributed by atoms with Crippen molar-refractivity contribution < 1.29 is 27.8 Å². The van der Waals surface area contributed by atoms with Gasteiger partial charge in [0.2, 0.25) is 0 Å². The number of carbonyl (C=O) groups is 1. The Morgan fingerprint density at radius 3 is 2.44 bits per heavy atom. The first-order valence-electron chi connectivity index (χ1n) is 9.87. The summed E-state index contributed by atoms with van der Waals surface area (Å²) < 4.78 is 41.5. The first kappa shape index (κ1) is 23.1. The van der Waals surface area contributed by atoms with E-state index >= 15 is 0 Å². The van der Waals surface area contributed by atoms with Crippen LogP contribution in [0.3, 0.4) is 0 Å². The van der Waals surface area contributed by atoms with Crippen LogP contribution in [0.2, 0.25) is 0 Å². The average molecular weight is 445 g/mol. The van der Waals surface area contributed by atoms with Crippen molar-refractivity contribution in [3.63, 3.8) is 0 Å². The fraction of sp³-hybridized carbons (Fsp3) is 0.304. The van der Waals surface area contributed by atoms with Gasteiger partial charge in [-0.15, -0.1) is 0 Å². The van der Waals surface area contributed by atoms with Gasteiger partial charge in [-0.1, -0.05) is 32.9 Å². The van der Waals surface area contributed by atoms with Crippen LogP contribution in [-0.4, -0.2) is 29.4 Å². The van der Waals surface area contributed by atoms with Crippen molar-refractivity contribution in [2.45, 2.75) is 39.5 Å². The Bertz CT molecular complexity index is 1060. The van der Waals surface area contributed by atoms with E-state index in [-0.39, 0.29) is 29.3 Å². The fourth-order valence-electron chi connectivity index (χ4n) is 2.88. The molecule has 0 aliphatic carbocycles. The highest BCUT2D eigenvalue weighted by molar-refractivity contribution is 6.02. The molecule has 0 radical (unpaired) electrons. The van der Waals surface area contributed by atoms with E-state index in [9.17, 15) is 13.6 Å². The molecule has 3 aromatic rings. The molecule has 1 N–H and O–H groups in total. The highest BCUT2D eigenvalue weighted by Gasteiger charge is 2.15. The summed E-state index contributed by atoms with van der Waals surface area (Å²) in [6, 6.07) is 13.5. The number of ether oxygens (including phenoxy) is 3. The van der Waals surface area contributed by atoms with Gasteiger partial charge in [0.1, 0.15) is 5.75 Å². The summed E-state index contributed by atoms with van der Waals surface area (Å²) in [5, 5.41) is 6.84. The van der Waals surface area contributed by atoms with Crippen LogP contribution >= 0.6 is 0 Å². The maximum Gasteiger partial charge on any atom is 0.387 e. The van der Waals surface area contributed by atoms with Gasteiger partial charge in [-0.25, -0.2) is 4.68 Å². The molecule has 0 unspecified atom stereocenters. The predicted octanol–water partition coefficient (Wildman–Crippen LogP) is 5.08. The van der Waals surface area contributed by atoms with Gasteiger partial charge >= 0.3 is 6.61 Å². The maximum absolute atomic E-state index is 12.5. The third-order valence-electron chi connectivity index (χ3n) is 4.59. The minimum atomic E-state index is -2.98. The first-order chi connectivity index (χ1) is 15.2. The predicted molar refractivity (Wildman–Crippen MR) is 116 cm³/mol. The van der Waals surface area contributed by atoms with Crippen molar-refractivity contribution in [1.82, 2.24) is 9.78 Å². The number of anilines is 1. The summed E-state index contributed by atoms with van der Waals surface area (Å²) in [5.74, 6) is 0.164. The van der Waals surface area contributed by atoms with Crippen molar-refractivity contribution in [3.05, 3.63) is 66.0 Å². The number of benzene rings is 2. The van der Waals surface area contributed by atoms with Gasteiger partial charge < -0.3 is 19.5 Å². The zero-order chi connectivity index (χ0) is 23.3. The molecule has 1 heterocycles. The minimum absolute atomic E-state index is 0.0586. The van der Waals surface area contributed by atoms with Crippen molar-refractivity contribution >= 4 is 11.6 Å². The second kappa shape index (κ2) is 9.67. The van der Waals surface area contributed by atoms with Gasteiger partial charge in [0.25, 0.3) is 5.91 Å². The van der Waals surface area contributed by atoms with Gasteiger partial charge in [0.15, 0.2) is 23.9 Å². The van der Waals surface area contributed by atoms with E-state index in [0.29, 0.717) is 11.4 Å². The molecule has 170 valence electrons. The molecule has 7 nitrogen and oxygen atoms in total. The lowest BCUT2D eigenvalue weighted by atomic mass is 9.87. The number of aromatic nitrogens is 2. The number of hydrogen-bond acceptors (Lipinski definition) is 5. The van der Waals surface area contributed by atoms with Gasteiger partial charge in [0.05, 0.1) is 7.11 Å². The lowest BCUT2D eigenvalue weighted by Crippen LogP contribution is -2.14. The van der Waals surface area contributed by atoms with Crippen LogP contribution in [0.5, 0.6) is 17.2 Å². The minimum Gasteiger partial charge on any atom is -0.493 e. The summed E-state index contributed by atoms with van der Waals surface area (Å²) in [6.07, 6.45) is 1.62. The molecule has 0 spiro atoms. The average Bonchev–Trinajstić information content (AvgIpc) is 3.22. The zero-order valence-corrected chi connectivity index (χ0v) is 18.3. The highest BCUT2D eigenvalue weighted by Crippen LogP contribution is 2.31. The molecule has 1 aromatic heterocycles. The lowest BCUT2D eigenvalue weighted by Gasteiger charge is -2.19. The quantitative estimate of drug-likeness (QED) is 0.523. The van der Waals surface area contributed by atoms with E-state index in [2.05, 4.69) is 35.9 Å². The van der Waals surface area contributed by atoms with Crippen LogP contribution in [0.1, 0.15) is 36.8 Å². The molecule has 2 aromatic carbocycles. The van der Waals surface area contributed by atoms with Crippen molar-refractivity contribution in [2.75, 3.05) is 12.4 Å². The Morgan fingerprint density at radius 2 is 1.81 bits per heavy atom. The highest BCUT2D eigenvalue weighted by atomic mass is 19.3. The number of methoxy groups -OCH3 is 1. The largest absolute Gasteiger partial charge is 0.493 e. The first-order valence-corrected chi connectivity index (χ1v) is 9.87. The molecule has 0 aliphatic rings. The molecule has 0 atom stereocenters. The third-order valence-corrected chi connectivity index (χ3v) is 4.59. The number of rotatable bonds is 8. The van der Waals surface area contributed by atoms with Crippen LogP contribution in [-0.2, 0) is 12.1 Å². The molecule has 0 aliphatic heterocycles. The summed E-state index contributed by atoms with van der Waals surface area (Å²) in [4.78, 5) is 12.5. The Hall–Kier alpha value is -3.62. The van der Waals surface area contributed by atoms with E-state index in [4.69, 9.17) is 9.47 Å². The van der Waals surface area contributed by atoms with Crippen LogP contribution < -0.4 is 19.5 Å².